The molecule has 2 rings (SSSR count). The molecule has 98 valence electrons. The van der Waals surface area contributed by atoms with E-state index in [1.807, 2.05) is 24.3 Å². The standard InChI is InChI=1S/C13H18BrN3O/c14-10-3-5-12(6-4-10)16-13(18)9-17-7-1-2-11(15)8-17/h3-6,11H,1-2,7-9,15H2,(H,16,18)/t11-/m1/s1. The van der Waals surface area contributed by atoms with E-state index in [1.54, 1.807) is 0 Å². The van der Waals surface area contributed by atoms with Gasteiger partial charge in [-0.1, -0.05) is 15.9 Å². The van der Waals surface area contributed by atoms with E-state index in [0.717, 1.165) is 36.1 Å². The Balaban J connectivity index is 1.83. The zero-order valence-electron chi connectivity index (χ0n) is 10.2. The molecule has 0 unspecified atom stereocenters. The number of nitrogens with one attached hydrogen (secondary N) is 1. The molecule has 0 radical (unpaired) electrons. The van der Waals surface area contributed by atoms with Gasteiger partial charge in [0.15, 0.2) is 0 Å². The van der Waals surface area contributed by atoms with Crippen LogP contribution in [-0.4, -0.2) is 36.5 Å². The minimum atomic E-state index is 0.0198. The molecule has 1 aromatic carbocycles. The molecule has 18 heavy (non-hydrogen) atoms. The number of carbonyl (C=O) groups excluding carboxylic acids is 1. The van der Waals surface area contributed by atoms with E-state index in [0.29, 0.717) is 6.54 Å². The minimum Gasteiger partial charge on any atom is -0.327 e. The lowest BCUT2D eigenvalue weighted by molar-refractivity contribution is -0.117. The third-order valence-electron chi connectivity index (χ3n) is 3.04. The van der Waals surface area contributed by atoms with Crippen LogP contribution in [-0.2, 0) is 4.79 Å². The van der Waals surface area contributed by atoms with Crippen LogP contribution in [0.4, 0.5) is 5.69 Å². The Bertz CT molecular complexity index is 407. The van der Waals surface area contributed by atoms with E-state index in [-0.39, 0.29) is 11.9 Å². The SMILES string of the molecule is N[C@@H]1CCCN(CC(=O)Nc2ccc(Br)cc2)C1. The summed E-state index contributed by atoms with van der Waals surface area (Å²) in [5.74, 6) is 0.0198. The summed E-state index contributed by atoms with van der Waals surface area (Å²) in [5, 5.41) is 2.89. The molecule has 1 fully saturated rings. The van der Waals surface area contributed by atoms with Gasteiger partial charge in [0.05, 0.1) is 6.54 Å². The van der Waals surface area contributed by atoms with Crippen molar-refractivity contribution in [2.45, 2.75) is 18.9 Å². The topological polar surface area (TPSA) is 58.4 Å². The van der Waals surface area contributed by atoms with Gasteiger partial charge in [0.25, 0.3) is 0 Å². The number of benzene rings is 1. The molecule has 1 amide bonds. The fourth-order valence-electron chi connectivity index (χ4n) is 2.17. The van der Waals surface area contributed by atoms with Crippen LogP contribution < -0.4 is 11.1 Å². The third kappa shape index (κ3) is 4.08. The molecule has 0 spiro atoms. The average molecular weight is 312 g/mol. The van der Waals surface area contributed by atoms with E-state index in [4.69, 9.17) is 5.73 Å². The number of nitrogens with two attached hydrogens (primary N) is 1. The van der Waals surface area contributed by atoms with Gasteiger partial charge in [0, 0.05) is 22.7 Å². The lowest BCUT2D eigenvalue weighted by Crippen LogP contribution is -2.45. The van der Waals surface area contributed by atoms with E-state index in [1.165, 1.54) is 0 Å². The molecule has 0 aromatic heterocycles. The van der Waals surface area contributed by atoms with Crippen LogP contribution in [0.25, 0.3) is 0 Å². The lowest BCUT2D eigenvalue weighted by Gasteiger charge is -2.29. The first-order chi connectivity index (χ1) is 8.63. The van der Waals surface area contributed by atoms with Gasteiger partial charge in [-0.05, 0) is 43.7 Å². The number of carbonyl (C=O) groups is 1. The second-order valence-electron chi connectivity index (χ2n) is 4.69. The van der Waals surface area contributed by atoms with E-state index in [9.17, 15) is 4.79 Å². The fraction of sp³-hybridized carbons (Fsp3) is 0.462. The van der Waals surface area contributed by atoms with Crippen molar-refractivity contribution >= 4 is 27.5 Å². The molecule has 4 nitrogen and oxygen atoms in total. The summed E-state index contributed by atoms with van der Waals surface area (Å²) in [6, 6.07) is 7.78. The summed E-state index contributed by atoms with van der Waals surface area (Å²) in [4.78, 5) is 14.0. The zero-order chi connectivity index (χ0) is 13.0. The molecule has 1 aromatic rings. The number of hydrogen-bond acceptors (Lipinski definition) is 3. The highest BCUT2D eigenvalue weighted by molar-refractivity contribution is 9.10. The summed E-state index contributed by atoms with van der Waals surface area (Å²) in [7, 11) is 0. The maximum absolute atomic E-state index is 11.9. The van der Waals surface area contributed by atoms with Crippen LogP contribution in [0.3, 0.4) is 0 Å². The fourth-order valence-corrected chi connectivity index (χ4v) is 2.44. The highest BCUT2D eigenvalue weighted by Crippen LogP contribution is 2.14. The Morgan fingerprint density at radius 2 is 2.17 bits per heavy atom. The van der Waals surface area contributed by atoms with Gasteiger partial charge in [0.2, 0.25) is 5.91 Å². The molecule has 1 atom stereocenters. The molecule has 0 saturated carbocycles. The normalized spacial score (nSPS) is 20.7. The Morgan fingerprint density at radius 3 is 2.83 bits per heavy atom. The van der Waals surface area contributed by atoms with Crippen molar-refractivity contribution in [2.24, 2.45) is 5.73 Å². The predicted octanol–water partition coefficient (Wildman–Crippen LogP) is 1.81. The zero-order valence-corrected chi connectivity index (χ0v) is 11.8. The number of likely N-dealkylation sites (tertiary alicyclic amines) is 1. The number of anilines is 1. The second kappa shape index (κ2) is 6.31. The molecule has 1 aliphatic rings. The maximum atomic E-state index is 11.9. The first kappa shape index (κ1) is 13.5. The number of piperidine rings is 1. The molecule has 1 saturated heterocycles. The largest absolute Gasteiger partial charge is 0.327 e. The van der Waals surface area contributed by atoms with Crippen LogP contribution in [0, 0.1) is 0 Å². The van der Waals surface area contributed by atoms with Crippen LogP contribution in [0.5, 0.6) is 0 Å². The molecular weight excluding hydrogens is 294 g/mol. The number of hydrogen-bond donors (Lipinski definition) is 2. The summed E-state index contributed by atoms with van der Waals surface area (Å²) >= 11 is 3.36. The molecule has 1 aliphatic heterocycles. The van der Waals surface area contributed by atoms with Gasteiger partial charge in [-0.2, -0.15) is 0 Å². The van der Waals surface area contributed by atoms with E-state index >= 15 is 0 Å². The smallest absolute Gasteiger partial charge is 0.238 e. The minimum absolute atomic E-state index is 0.0198. The van der Waals surface area contributed by atoms with Crippen LogP contribution in [0.2, 0.25) is 0 Å². The van der Waals surface area contributed by atoms with E-state index < -0.39 is 0 Å². The van der Waals surface area contributed by atoms with E-state index in [2.05, 4.69) is 26.1 Å². The summed E-state index contributed by atoms with van der Waals surface area (Å²) in [6.07, 6.45) is 2.14. The van der Waals surface area contributed by atoms with Crippen molar-refractivity contribution in [1.29, 1.82) is 0 Å². The number of halogens is 1. The van der Waals surface area contributed by atoms with Crippen LogP contribution >= 0.6 is 15.9 Å². The van der Waals surface area contributed by atoms with Crippen molar-refractivity contribution in [3.8, 4) is 0 Å². The quantitative estimate of drug-likeness (QED) is 0.895. The third-order valence-corrected chi connectivity index (χ3v) is 3.57. The highest BCUT2D eigenvalue weighted by atomic mass is 79.9. The molecule has 5 heteroatoms. The van der Waals surface area contributed by atoms with Crippen molar-refractivity contribution in [1.82, 2.24) is 4.90 Å². The Kier molecular flexibility index (Phi) is 4.74. The second-order valence-corrected chi connectivity index (χ2v) is 5.61. The molecule has 0 bridgehead atoms. The van der Waals surface area contributed by atoms with Gasteiger partial charge in [-0.3, -0.25) is 9.69 Å². The van der Waals surface area contributed by atoms with Gasteiger partial charge in [-0.15, -0.1) is 0 Å². The summed E-state index contributed by atoms with van der Waals surface area (Å²) < 4.78 is 1.00. The predicted molar refractivity (Wildman–Crippen MR) is 76.4 cm³/mol. The Hall–Kier alpha value is -0.910. The molecular formula is C13H18BrN3O. The van der Waals surface area contributed by atoms with Crippen molar-refractivity contribution in [3.63, 3.8) is 0 Å². The number of nitrogens with zero attached hydrogens (tertiary/aromatic N) is 1. The van der Waals surface area contributed by atoms with Crippen molar-refractivity contribution in [3.05, 3.63) is 28.7 Å². The van der Waals surface area contributed by atoms with Crippen LogP contribution in [0.15, 0.2) is 28.7 Å². The molecule has 3 N–H and O–H groups in total. The summed E-state index contributed by atoms with van der Waals surface area (Å²) in [6.45, 7) is 2.19. The monoisotopic (exact) mass is 311 g/mol. The van der Waals surface area contributed by atoms with Crippen molar-refractivity contribution < 1.29 is 4.79 Å². The van der Waals surface area contributed by atoms with Crippen molar-refractivity contribution in [2.75, 3.05) is 25.0 Å². The van der Waals surface area contributed by atoms with Gasteiger partial charge in [0.1, 0.15) is 0 Å². The average Bonchev–Trinajstić information content (AvgIpc) is 2.32. The number of rotatable bonds is 3. The first-order valence-corrected chi connectivity index (χ1v) is 6.96. The lowest BCUT2D eigenvalue weighted by atomic mass is 10.1. The Labute approximate surface area is 116 Å². The van der Waals surface area contributed by atoms with Gasteiger partial charge >= 0.3 is 0 Å². The molecule has 0 aliphatic carbocycles. The summed E-state index contributed by atoms with van der Waals surface area (Å²) in [5.41, 5.74) is 6.72. The highest BCUT2D eigenvalue weighted by Gasteiger charge is 2.18. The Morgan fingerprint density at radius 1 is 1.44 bits per heavy atom. The first-order valence-electron chi connectivity index (χ1n) is 6.17. The number of amides is 1. The van der Waals surface area contributed by atoms with Gasteiger partial charge < -0.3 is 11.1 Å². The maximum Gasteiger partial charge on any atom is 0.238 e. The van der Waals surface area contributed by atoms with Gasteiger partial charge in [-0.25, -0.2) is 0 Å². The molecule has 1 heterocycles. The van der Waals surface area contributed by atoms with Crippen LogP contribution in [0.1, 0.15) is 12.8 Å².